The molecule has 1 saturated heterocycles. The third-order valence-corrected chi connectivity index (χ3v) is 8.94. The Labute approximate surface area is 192 Å². The normalized spacial score (nSPS) is 15.9. The van der Waals surface area contributed by atoms with Crippen LogP contribution in [0.3, 0.4) is 0 Å². The first kappa shape index (κ1) is 22.3. The van der Waals surface area contributed by atoms with E-state index in [1.807, 2.05) is 54.3 Å². The molecule has 0 atom stereocenters. The Morgan fingerprint density at radius 3 is 2.45 bits per heavy atom. The van der Waals surface area contributed by atoms with Gasteiger partial charge in [0.1, 0.15) is 0 Å². The van der Waals surface area contributed by atoms with Gasteiger partial charge >= 0.3 is 0 Å². The monoisotopic (exact) mass is 476 g/mol. The van der Waals surface area contributed by atoms with Gasteiger partial charge in [-0.2, -0.15) is 4.31 Å². The van der Waals surface area contributed by atoms with Crippen LogP contribution in [0.5, 0.6) is 0 Å². The number of hydrogen-bond donors (Lipinski definition) is 0. The molecule has 164 valence electrons. The van der Waals surface area contributed by atoms with Crippen LogP contribution in [0, 0.1) is 5.92 Å². The molecule has 4 rings (SSSR count). The molecule has 0 N–H and O–H groups in total. The van der Waals surface area contributed by atoms with Crippen LogP contribution in [0.15, 0.2) is 59.5 Å². The number of carbonyl (C=O) groups is 1. The van der Waals surface area contributed by atoms with E-state index < -0.39 is 10.0 Å². The molecule has 0 spiro atoms. The third-order valence-electron chi connectivity index (χ3n) is 5.83. The first-order chi connectivity index (χ1) is 14.9. The number of fused-ring (bicyclic) bond motifs is 1. The van der Waals surface area contributed by atoms with Gasteiger partial charge in [-0.1, -0.05) is 41.9 Å². The van der Waals surface area contributed by atoms with E-state index in [0.29, 0.717) is 48.3 Å². The van der Waals surface area contributed by atoms with E-state index in [0.717, 1.165) is 15.6 Å². The molecular formula is C23H25ClN2O3S2. The van der Waals surface area contributed by atoms with Crippen LogP contribution in [0.2, 0.25) is 4.34 Å². The van der Waals surface area contributed by atoms with Crippen molar-refractivity contribution in [1.29, 1.82) is 0 Å². The van der Waals surface area contributed by atoms with Gasteiger partial charge < -0.3 is 4.90 Å². The maximum atomic E-state index is 13.2. The number of thiophene rings is 1. The van der Waals surface area contributed by atoms with E-state index in [4.69, 9.17) is 11.6 Å². The molecule has 1 amide bonds. The maximum Gasteiger partial charge on any atom is 0.243 e. The minimum absolute atomic E-state index is 0.0924. The van der Waals surface area contributed by atoms with Crippen LogP contribution in [0.1, 0.15) is 24.6 Å². The number of amides is 1. The average molecular weight is 477 g/mol. The number of rotatable bonds is 6. The summed E-state index contributed by atoms with van der Waals surface area (Å²) in [6, 6.07) is 16.7. The average Bonchev–Trinajstić information content (AvgIpc) is 3.21. The second-order valence-corrected chi connectivity index (χ2v) is 11.5. The lowest BCUT2D eigenvalue weighted by molar-refractivity contribution is -0.137. The largest absolute Gasteiger partial charge is 0.338 e. The van der Waals surface area contributed by atoms with Crippen LogP contribution < -0.4 is 0 Å². The second-order valence-electron chi connectivity index (χ2n) is 7.75. The molecule has 0 bridgehead atoms. The number of benzene rings is 2. The summed E-state index contributed by atoms with van der Waals surface area (Å²) in [5, 5.41) is 1.92. The fraction of sp³-hybridized carbons (Fsp3) is 0.348. The Bertz CT molecular complexity index is 1180. The molecule has 1 aliphatic rings. The van der Waals surface area contributed by atoms with Gasteiger partial charge in [0.25, 0.3) is 0 Å². The zero-order chi connectivity index (χ0) is 22.0. The number of carbonyl (C=O) groups excluding carboxylic acids is 1. The van der Waals surface area contributed by atoms with Crippen molar-refractivity contribution in [3.8, 4) is 0 Å². The topological polar surface area (TPSA) is 57.7 Å². The molecule has 0 unspecified atom stereocenters. The Morgan fingerprint density at radius 2 is 1.81 bits per heavy atom. The maximum absolute atomic E-state index is 13.2. The van der Waals surface area contributed by atoms with Crippen molar-refractivity contribution in [2.45, 2.75) is 31.2 Å². The van der Waals surface area contributed by atoms with Crippen LogP contribution in [-0.2, 0) is 21.4 Å². The molecule has 8 heteroatoms. The Balaban J connectivity index is 1.42. The predicted octanol–water partition coefficient (Wildman–Crippen LogP) is 5.00. The van der Waals surface area contributed by atoms with E-state index in [1.165, 1.54) is 15.6 Å². The van der Waals surface area contributed by atoms with Gasteiger partial charge in [0.2, 0.25) is 15.9 Å². The summed E-state index contributed by atoms with van der Waals surface area (Å²) >= 11 is 7.49. The highest BCUT2D eigenvalue weighted by Gasteiger charge is 2.33. The van der Waals surface area contributed by atoms with E-state index >= 15 is 0 Å². The fourth-order valence-electron chi connectivity index (χ4n) is 4.05. The Hall–Kier alpha value is -1.93. The van der Waals surface area contributed by atoms with E-state index in [-0.39, 0.29) is 11.8 Å². The Kier molecular flexibility index (Phi) is 6.67. The molecule has 1 fully saturated rings. The highest BCUT2D eigenvalue weighted by Crippen LogP contribution is 2.28. The molecule has 0 radical (unpaired) electrons. The van der Waals surface area contributed by atoms with Gasteiger partial charge in [-0.3, -0.25) is 4.79 Å². The lowest BCUT2D eigenvalue weighted by Gasteiger charge is -2.33. The van der Waals surface area contributed by atoms with Crippen molar-refractivity contribution in [2.75, 3.05) is 19.6 Å². The summed E-state index contributed by atoms with van der Waals surface area (Å²) < 4.78 is 28.5. The lowest BCUT2D eigenvalue weighted by atomic mass is 9.96. The molecular weight excluding hydrogens is 452 g/mol. The quantitative estimate of drug-likeness (QED) is 0.502. The minimum Gasteiger partial charge on any atom is -0.338 e. The molecule has 1 aliphatic heterocycles. The first-order valence-corrected chi connectivity index (χ1v) is 13.0. The van der Waals surface area contributed by atoms with Gasteiger partial charge in [0, 0.05) is 30.4 Å². The van der Waals surface area contributed by atoms with Gasteiger partial charge in [0.05, 0.1) is 15.8 Å². The highest BCUT2D eigenvalue weighted by atomic mass is 35.5. The summed E-state index contributed by atoms with van der Waals surface area (Å²) in [5.41, 5.74) is 0. The zero-order valence-electron chi connectivity index (χ0n) is 17.3. The molecule has 31 heavy (non-hydrogen) atoms. The second kappa shape index (κ2) is 9.28. The van der Waals surface area contributed by atoms with E-state index in [9.17, 15) is 13.2 Å². The van der Waals surface area contributed by atoms with Gasteiger partial charge in [-0.15, -0.1) is 11.3 Å². The van der Waals surface area contributed by atoms with Crippen molar-refractivity contribution < 1.29 is 13.2 Å². The predicted molar refractivity (Wildman–Crippen MR) is 126 cm³/mol. The molecule has 0 aliphatic carbocycles. The first-order valence-electron chi connectivity index (χ1n) is 10.4. The van der Waals surface area contributed by atoms with Crippen molar-refractivity contribution in [1.82, 2.24) is 9.21 Å². The molecule has 0 saturated carbocycles. The van der Waals surface area contributed by atoms with Crippen molar-refractivity contribution in [3.63, 3.8) is 0 Å². The van der Waals surface area contributed by atoms with Crippen molar-refractivity contribution >= 4 is 49.6 Å². The number of halogens is 1. The standard InChI is InChI=1S/C23H25ClN2O3S2/c1-2-25(16-20-8-10-22(24)30-20)23(27)18-11-13-26(14-12-18)31(28,29)21-9-7-17-5-3-4-6-19(17)15-21/h3-10,15,18H,2,11-14,16H2,1H3. The highest BCUT2D eigenvalue weighted by molar-refractivity contribution is 7.89. The molecule has 2 heterocycles. The number of hydrogen-bond acceptors (Lipinski definition) is 4. The summed E-state index contributed by atoms with van der Waals surface area (Å²) in [4.78, 5) is 16.2. The smallest absolute Gasteiger partial charge is 0.243 e. The van der Waals surface area contributed by atoms with Crippen LogP contribution in [0.4, 0.5) is 0 Å². The van der Waals surface area contributed by atoms with Crippen molar-refractivity contribution in [3.05, 3.63) is 63.8 Å². The zero-order valence-corrected chi connectivity index (χ0v) is 19.7. The van der Waals surface area contributed by atoms with Crippen LogP contribution in [-0.4, -0.2) is 43.2 Å². The fourth-order valence-corrected chi connectivity index (χ4v) is 6.66. The van der Waals surface area contributed by atoms with Gasteiger partial charge in [-0.25, -0.2) is 8.42 Å². The summed E-state index contributed by atoms with van der Waals surface area (Å²) in [6.45, 7) is 3.83. The van der Waals surface area contributed by atoms with Gasteiger partial charge in [-0.05, 0) is 54.8 Å². The summed E-state index contributed by atoms with van der Waals surface area (Å²) in [6.07, 6.45) is 1.07. The molecule has 5 nitrogen and oxygen atoms in total. The molecule has 2 aromatic carbocycles. The number of piperidine rings is 1. The molecule has 3 aromatic rings. The molecule has 1 aromatic heterocycles. The number of nitrogens with zero attached hydrogens (tertiary/aromatic N) is 2. The SMILES string of the molecule is CCN(Cc1ccc(Cl)s1)C(=O)C1CCN(S(=O)(=O)c2ccc3ccccc3c2)CC1. The Morgan fingerprint density at radius 1 is 1.10 bits per heavy atom. The van der Waals surface area contributed by atoms with Crippen molar-refractivity contribution in [2.24, 2.45) is 5.92 Å². The lowest BCUT2D eigenvalue weighted by Crippen LogP contribution is -2.44. The van der Waals surface area contributed by atoms with Crippen LogP contribution in [0.25, 0.3) is 10.8 Å². The third kappa shape index (κ3) is 4.80. The number of sulfonamides is 1. The van der Waals surface area contributed by atoms with E-state index in [2.05, 4.69) is 0 Å². The summed E-state index contributed by atoms with van der Waals surface area (Å²) in [7, 11) is -3.58. The minimum atomic E-state index is -3.58. The van der Waals surface area contributed by atoms with Crippen LogP contribution >= 0.6 is 22.9 Å². The van der Waals surface area contributed by atoms with E-state index in [1.54, 1.807) is 12.1 Å². The van der Waals surface area contributed by atoms with Gasteiger partial charge in [0.15, 0.2) is 0 Å². The summed E-state index contributed by atoms with van der Waals surface area (Å²) in [5.74, 6) is -0.0618.